The minimum Gasteiger partial charge on any atom is -0.399 e. The Bertz CT molecular complexity index is 877. The lowest BCUT2D eigenvalue weighted by Crippen LogP contribution is -2.20. The summed E-state index contributed by atoms with van der Waals surface area (Å²) in [6.07, 6.45) is 6.21. The summed E-state index contributed by atoms with van der Waals surface area (Å²) < 4.78 is 1.08. The lowest BCUT2D eigenvalue weighted by Gasteiger charge is -2.15. The first-order valence-corrected chi connectivity index (χ1v) is 10.5. The molecule has 0 saturated carbocycles. The molecule has 8 heteroatoms. The molecular weight excluding hydrogens is 390 g/mol. The van der Waals surface area contributed by atoms with E-state index in [-0.39, 0.29) is 5.91 Å². The van der Waals surface area contributed by atoms with E-state index in [1.54, 1.807) is 31.2 Å². The van der Waals surface area contributed by atoms with Gasteiger partial charge in [0.05, 0.1) is 21.0 Å². The molecule has 0 spiro atoms. The van der Waals surface area contributed by atoms with Crippen molar-refractivity contribution >= 4 is 52.5 Å². The molecule has 136 valence electrons. The summed E-state index contributed by atoms with van der Waals surface area (Å²) in [5, 5.41) is 8.79. The summed E-state index contributed by atoms with van der Waals surface area (Å²) in [6.45, 7) is 0. The van der Waals surface area contributed by atoms with Crippen molar-refractivity contribution in [1.82, 2.24) is 5.43 Å². The summed E-state index contributed by atoms with van der Waals surface area (Å²) in [5.41, 5.74) is 6.36. The third-order valence-electron chi connectivity index (χ3n) is 3.97. The highest BCUT2D eigenvalue weighted by molar-refractivity contribution is 8.00. The van der Waals surface area contributed by atoms with Crippen molar-refractivity contribution in [2.75, 3.05) is 13.4 Å². The average molecular weight is 408 g/mol. The molecule has 1 amide bonds. The molecule has 0 aliphatic heterocycles. The van der Waals surface area contributed by atoms with Gasteiger partial charge in [-0.3, -0.25) is 4.79 Å². The molecule has 1 aromatic heterocycles. The minimum atomic E-state index is -0.214. The standard InChI is InChI=1S/C18H18ClN3O2S2/c1-24-22-14-9-5-7-12-15(14)18(25-2)26-16(12)17(23)21-20-10-11-6-3-4-8-13(11)19/h3-4,6,8,10H,5,7,9H2,1-2H3,(H,21,23)/b20-10+,22-14+. The van der Waals surface area contributed by atoms with E-state index in [0.717, 1.165) is 45.9 Å². The van der Waals surface area contributed by atoms with E-state index in [4.69, 9.17) is 16.4 Å². The fourth-order valence-electron chi connectivity index (χ4n) is 2.85. The lowest BCUT2D eigenvalue weighted by molar-refractivity contribution is 0.0958. The van der Waals surface area contributed by atoms with Crippen LogP contribution < -0.4 is 5.43 Å². The normalized spacial score (nSPS) is 15.3. The number of nitrogens with zero attached hydrogens (tertiary/aromatic N) is 2. The van der Waals surface area contributed by atoms with Crippen molar-refractivity contribution in [3.05, 3.63) is 50.9 Å². The van der Waals surface area contributed by atoms with Gasteiger partial charge in [-0.05, 0) is 37.1 Å². The van der Waals surface area contributed by atoms with Crippen LogP contribution in [0.25, 0.3) is 0 Å². The molecule has 2 aromatic rings. The van der Waals surface area contributed by atoms with Crippen LogP contribution in [0.4, 0.5) is 0 Å². The van der Waals surface area contributed by atoms with Crippen molar-refractivity contribution < 1.29 is 9.63 Å². The molecule has 0 fully saturated rings. The molecule has 1 heterocycles. The Morgan fingerprint density at radius 2 is 2.19 bits per heavy atom. The van der Waals surface area contributed by atoms with E-state index < -0.39 is 0 Å². The van der Waals surface area contributed by atoms with Gasteiger partial charge in [0.1, 0.15) is 7.11 Å². The lowest BCUT2D eigenvalue weighted by atomic mass is 9.92. The van der Waals surface area contributed by atoms with Crippen LogP contribution in [0.5, 0.6) is 0 Å². The minimum absolute atomic E-state index is 0.214. The number of oxime groups is 1. The SMILES string of the molecule is CO/N=C1\CCCc2c(C(=O)N/N=C/c3ccccc3Cl)sc(SC)c21. The Morgan fingerprint density at radius 3 is 2.92 bits per heavy atom. The molecule has 1 N–H and O–H groups in total. The molecule has 0 saturated heterocycles. The Hall–Kier alpha value is -1.83. The second kappa shape index (κ2) is 8.70. The number of halogens is 1. The largest absolute Gasteiger partial charge is 0.399 e. The monoisotopic (exact) mass is 407 g/mol. The van der Waals surface area contributed by atoms with Gasteiger partial charge >= 0.3 is 0 Å². The zero-order valence-corrected chi connectivity index (χ0v) is 16.8. The fraction of sp³-hybridized carbons (Fsp3) is 0.278. The second-order valence-electron chi connectivity index (χ2n) is 5.57. The van der Waals surface area contributed by atoms with Crippen molar-refractivity contribution in [3.63, 3.8) is 0 Å². The summed E-state index contributed by atoms with van der Waals surface area (Å²) in [6, 6.07) is 7.33. The Balaban J connectivity index is 1.84. The van der Waals surface area contributed by atoms with Crippen LogP contribution in [0.3, 0.4) is 0 Å². The number of amides is 1. The fourth-order valence-corrected chi connectivity index (χ4v) is 5.06. The number of fused-ring (bicyclic) bond motifs is 1. The van der Waals surface area contributed by atoms with E-state index in [9.17, 15) is 4.79 Å². The van der Waals surface area contributed by atoms with Gasteiger partial charge in [-0.1, -0.05) is 35.0 Å². The van der Waals surface area contributed by atoms with Gasteiger partial charge < -0.3 is 4.84 Å². The van der Waals surface area contributed by atoms with Crippen molar-refractivity contribution in [2.24, 2.45) is 10.3 Å². The maximum Gasteiger partial charge on any atom is 0.281 e. The number of hydrogen-bond acceptors (Lipinski definition) is 6. The first-order valence-electron chi connectivity index (χ1n) is 8.03. The maximum atomic E-state index is 12.7. The van der Waals surface area contributed by atoms with E-state index in [1.165, 1.54) is 11.3 Å². The van der Waals surface area contributed by atoms with Gasteiger partial charge in [-0.25, -0.2) is 5.43 Å². The van der Waals surface area contributed by atoms with Gasteiger partial charge in [0.2, 0.25) is 0 Å². The Labute approximate surface area is 165 Å². The summed E-state index contributed by atoms with van der Waals surface area (Å²) in [5.74, 6) is -0.214. The molecular formula is C18H18ClN3O2S2. The van der Waals surface area contributed by atoms with Crippen molar-refractivity contribution in [2.45, 2.75) is 23.5 Å². The highest BCUT2D eigenvalue weighted by Gasteiger charge is 2.28. The van der Waals surface area contributed by atoms with Crippen LogP contribution in [-0.4, -0.2) is 31.2 Å². The van der Waals surface area contributed by atoms with Crippen LogP contribution in [0.15, 0.2) is 38.7 Å². The highest BCUT2D eigenvalue weighted by atomic mass is 35.5. The van der Waals surface area contributed by atoms with Crippen LogP contribution in [-0.2, 0) is 11.3 Å². The van der Waals surface area contributed by atoms with E-state index in [0.29, 0.717) is 9.90 Å². The molecule has 1 aliphatic carbocycles. The smallest absolute Gasteiger partial charge is 0.281 e. The molecule has 1 aliphatic rings. The molecule has 0 radical (unpaired) electrons. The number of carbonyl (C=O) groups excluding carboxylic acids is 1. The predicted octanol–water partition coefficient (Wildman–Crippen LogP) is 4.57. The quantitative estimate of drug-likeness (QED) is 0.448. The number of nitrogens with one attached hydrogen (secondary N) is 1. The Morgan fingerprint density at radius 1 is 1.38 bits per heavy atom. The summed E-state index contributed by atoms with van der Waals surface area (Å²) in [7, 11) is 1.55. The molecule has 1 aromatic carbocycles. The zero-order chi connectivity index (χ0) is 18.5. The zero-order valence-electron chi connectivity index (χ0n) is 14.4. The van der Waals surface area contributed by atoms with Crippen molar-refractivity contribution in [3.8, 4) is 0 Å². The highest BCUT2D eigenvalue weighted by Crippen LogP contribution is 2.39. The van der Waals surface area contributed by atoms with Crippen LogP contribution >= 0.6 is 34.7 Å². The third-order valence-corrected chi connectivity index (χ3v) is 6.67. The number of thioether (sulfide) groups is 1. The first kappa shape index (κ1) is 18.9. The van der Waals surface area contributed by atoms with Crippen LogP contribution in [0.2, 0.25) is 5.02 Å². The molecule has 0 unspecified atom stereocenters. The van der Waals surface area contributed by atoms with E-state index >= 15 is 0 Å². The molecule has 26 heavy (non-hydrogen) atoms. The van der Waals surface area contributed by atoms with Gasteiger partial charge in [0.15, 0.2) is 0 Å². The van der Waals surface area contributed by atoms with E-state index in [1.807, 2.05) is 24.5 Å². The number of thiophene rings is 1. The molecule has 0 bridgehead atoms. The predicted molar refractivity (Wildman–Crippen MR) is 109 cm³/mol. The molecule has 0 atom stereocenters. The van der Waals surface area contributed by atoms with Gasteiger partial charge in [-0.2, -0.15) is 5.10 Å². The number of carbonyl (C=O) groups is 1. The van der Waals surface area contributed by atoms with Gasteiger partial charge in [-0.15, -0.1) is 23.1 Å². The van der Waals surface area contributed by atoms with Gasteiger partial charge in [0.25, 0.3) is 5.91 Å². The van der Waals surface area contributed by atoms with Crippen LogP contribution in [0.1, 0.15) is 39.2 Å². The Kier molecular flexibility index (Phi) is 6.34. The van der Waals surface area contributed by atoms with E-state index in [2.05, 4.69) is 15.7 Å². The third kappa shape index (κ3) is 3.95. The number of hydrogen-bond donors (Lipinski definition) is 1. The number of rotatable bonds is 5. The van der Waals surface area contributed by atoms with Crippen molar-refractivity contribution in [1.29, 1.82) is 0 Å². The average Bonchev–Trinajstić information content (AvgIpc) is 3.03. The first-order chi connectivity index (χ1) is 12.7. The van der Waals surface area contributed by atoms with Crippen LogP contribution in [0, 0.1) is 0 Å². The second-order valence-corrected chi connectivity index (χ2v) is 8.07. The topological polar surface area (TPSA) is 63.0 Å². The maximum absolute atomic E-state index is 12.7. The molecule has 5 nitrogen and oxygen atoms in total. The summed E-state index contributed by atoms with van der Waals surface area (Å²) in [4.78, 5) is 18.3. The van der Waals surface area contributed by atoms with Gasteiger partial charge in [0, 0.05) is 16.1 Å². The summed E-state index contributed by atoms with van der Waals surface area (Å²) >= 11 is 9.19. The number of benzene rings is 1. The molecule has 3 rings (SSSR count). The number of hydrazone groups is 1.